The molecule has 0 aliphatic carbocycles. The largest absolute Gasteiger partial charge is 0.392 e. The molecule has 0 unspecified atom stereocenters. The summed E-state index contributed by atoms with van der Waals surface area (Å²) < 4.78 is 1.66. The topological polar surface area (TPSA) is 55.1 Å². The SMILES string of the molecule is Cn1ccnc1C(=O)C[C@@H](O)C(C)(C)C. The second-order valence-electron chi connectivity index (χ2n) is 4.87. The molecule has 0 saturated heterocycles. The van der Waals surface area contributed by atoms with Gasteiger partial charge in [0, 0.05) is 25.9 Å². The van der Waals surface area contributed by atoms with E-state index >= 15 is 0 Å². The number of hydrogen-bond donors (Lipinski definition) is 1. The smallest absolute Gasteiger partial charge is 0.200 e. The minimum atomic E-state index is -0.637. The summed E-state index contributed by atoms with van der Waals surface area (Å²) in [7, 11) is 1.77. The fourth-order valence-corrected chi connectivity index (χ4v) is 1.21. The highest BCUT2D eigenvalue weighted by molar-refractivity contribution is 5.93. The second kappa shape index (κ2) is 4.14. The summed E-state index contributed by atoms with van der Waals surface area (Å²) in [5.74, 6) is 0.281. The van der Waals surface area contributed by atoms with Crippen molar-refractivity contribution in [1.29, 1.82) is 0 Å². The highest BCUT2D eigenvalue weighted by Gasteiger charge is 2.26. The number of ketones is 1. The van der Waals surface area contributed by atoms with Gasteiger partial charge in [0.2, 0.25) is 5.78 Å². The molecule has 0 radical (unpaired) electrons. The van der Waals surface area contributed by atoms with Gasteiger partial charge in [-0.2, -0.15) is 0 Å². The van der Waals surface area contributed by atoms with Crippen molar-refractivity contribution in [1.82, 2.24) is 9.55 Å². The van der Waals surface area contributed by atoms with Gasteiger partial charge in [0.05, 0.1) is 6.10 Å². The minimum absolute atomic E-state index is 0.119. The monoisotopic (exact) mass is 210 g/mol. The minimum Gasteiger partial charge on any atom is -0.392 e. The molecule has 1 N–H and O–H groups in total. The van der Waals surface area contributed by atoms with Gasteiger partial charge in [0.15, 0.2) is 5.82 Å². The van der Waals surface area contributed by atoms with Crippen LogP contribution in [0.25, 0.3) is 0 Å². The maximum atomic E-state index is 11.7. The van der Waals surface area contributed by atoms with Gasteiger partial charge >= 0.3 is 0 Å². The van der Waals surface area contributed by atoms with E-state index in [0.29, 0.717) is 5.82 Å². The summed E-state index contributed by atoms with van der Waals surface area (Å²) >= 11 is 0. The average molecular weight is 210 g/mol. The van der Waals surface area contributed by atoms with Crippen molar-refractivity contribution in [2.75, 3.05) is 0 Å². The van der Waals surface area contributed by atoms with E-state index in [-0.39, 0.29) is 17.6 Å². The molecule has 0 aliphatic heterocycles. The zero-order chi connectivity index (χ0) is 11.6. The van der Waals surface area contributed by atoms with Gasteiger partial charge in [-0.15, -0.1) is 0 Å². The Morgan fingerprint density at radius 3 is 2.60 bits per heavy atom. The Morgan fingerprint density at radius 2 is 2.20 bits per heavy atom. The molecular formula is C11H18N2O2. The molecule has 1 heterocycles. The molecule has 0 fully saturated rings. The van der Waals surface area contributed by atoms with Crippen LogP contribution >= 0.6 is 0 Å². The van der Waals surface area contributed by atoms with Crippen molar-refractivity contribution in [3.8, 4) is 0 Å². The summed E-state index contributed by atoms with van der Waals surface area (Å²) in [6.45, 7) is 5.72. The van der Waals surface area contributed by atoms with Crippen LogP contribution in [0.15, 0.2) is 12.4 Å². The summed E-state index contributed by atoms with van der Waals surface area (Å²) in [5, 5.41) is 9.79. The molecular weight excluding hydrogens is 192 g/mol. The van der Waals surface area contributed by atoms with Crippen molar-refractivity contribution >= 4 is 5.78 Å². The van der Waals surface area contributed by atoms with E-state index in [1.807, 2.05) is 20.8 Å². The fraction of sp³-hybridized carbons (Fsp3) is 0.636. The number of aliphatic hydroxyl groups is 1. The van der Waals surface area contributed by atoms with Crippen molar-refractivity contribution < 1.29 is 9.90 Å². The lowest BCUT2D eigenvalue weighted by Crippen LogP contribution is -2.29. The Kier molecular flexibility index (Phi) is 3.29. The number of rotatable bonds is 3. The molecule has 1 atom stereocenters. The van der Waals surface area contributed by atoms with E-state index in [9.17, 15) is 9.90 Å². The molecule has 15 heavy (non-hydrogen) atoms. The van der Waals surface area contributed by atoms with E-state index in [4.69, 9.17) is 0 Å². The quantitative estimate of drug-likeness (QED) is 0.767. The summed E-state index contributed by atoms with van der Waals surface area (Å²) in [6, 6.07) is 0. The Hall–Kier alpha value is -1.16. The number of aliphatic hydroxyl groups excluding tert-OH is 1. The summed E-state index contributed by atoms with van der Waals surface area (Å²) in [5.41, 5.74) is -0.277. The number of aryl methyl sites for hydroxylation is 1. The van der Waals surface area contributed by atoms with Gasteiger partial charge in [-0.25, -0.2) is 4.98 Å². The number of Topliss-reactive ketones (excluding diaryl/α,β-unsaturated/α-hetero) is 1. The third-order valence-corrected chi connectivity index (χ3v) is 2.45. The van der Waals surface area contributed by atoms with Crippen LogP contribution < -0.4 is 0 Å². The standard InChI is InChI=1S/C11H18N2O2/c1-11(2,3)9(15)7-8(14)10-12-5-6-13(10)4/h5-6,9,15H,7H2,1-4H3/t9-/m1/s1. The molecule has 1 aromatic heterocycles. The molecule has 0 aliphatic rings. The number of carbonyl (C=O) groups excluding carboxylic acids is 1. The number of hydrogen-bond acceptors (Lipinski definition) is 3. The lowest BCUT2D eigenvalue weighted by molar-refractivity contribution is 0.0488. The molecule has 1 rings (SSSR count). The number of imidazole rings is 1. The van der Waals surface area contributed by atoms with Crippen LogP contribution in [0.5, 0.6) is 0 Å². The molecule has 0 spiro atoms. The van der Waals surface area contributed by atoms with E-state index < -0.39 is 6.10 Å². The van der Waals surface area contributed by atoms with Crippen molar-refractivity contribution in [3.05, 3.63) is 18.2 Å². The average Bonchev–Trinajstić information content (AvgIpc) is 2.49. The molecule has 1 aromatic rings. The van der Waals surface area contributed by atoms with Crippen molar-refractivity contribution in [2.45, 2.75) is 33.3 Å². The first-order chi connectivity index (χ1) is 6.82. The number of aromatic nitrogens is 2. The van der Waals surface area contributed by atoms with Crippen molar-refractivity contribution in [2.24, 2.45) is 12.5 Å². The number of carbonyl (C=O) groups is 1. The van der Waals surface area contributed by atoms with Crippen LogP contribution in [-0.2, 0) is 7.05 Å². The maximum Gasteiger partial charge on any atom is 0.200 e. The maximum absolute atomic E-state index is 11.7. The molecule has 84 valence electrons. The van der Waals surface area contributed by atoms with Gasteiger partial charge in [-0.1, -0.05) is 20.8 Å². The highest BCUT2D eigenvalue weighted by atomic mass is 16.3. The predicted molar refractivity (Wildman–Crippen MR) is 57.6 cm³/mol. The van der Waals surface area contributed by atoms with Gasteiger partial charge in [0.25, 0.3) is 0 Å². The third kappa shape index (κ3) is 2.89. The molecule has 0 bridgehead atoms. The summed E-state index contributed by atoms with van der Waals surface area (Å²) in [4.78, 5) is 15.7. The van der Waals surface area contributed by atoms with Crippen molar-refractivity contribution in [3.63, 3.8) is 0 Å². The second-order valence-corrected chi connectivity index (χ2v) is 4.87. The van der Waals surface area contributed by atoms with Crippen LogP contribution in [0.3, 0.4) is 0 Å². The summed E-state index contributed by atoms with van der Waals surface area (Å²) in [6.07, 6.45) is 2.78. The third-order valence-electron chi connectivity index (χ3n) is 2.45. The van der Waals surface area contributed by atoms with Gasteiger partial charge in [0.1, 0.15) is 0 Å². The van der Waals surface area contributed by atoms with E-state index in [1.54, 1.807) is 24.0 Å². The van der Waals surface area contributed by atoms with E-state index in [0.717, 1.165) is 0 Å². The van der Waals surface area contributed by atoms with Crippen LogP contribution in [0.4, 0.5) is 0 Å². The lowest BCUT2D eigenvalue weighted by atomic mass is 9.86. The normalized spacial score (nSPS) is 13.9. The molecule has 4 heteroatoms. The Labute approximate surface area is 89.9 Å². The van der Waals surface area contributed by atoms with Crippen LogP contribution in [-0.4, -0.2) is 26.5 Å². The highest BCUT2D eigenvalue weighted by Crippen LogP contribution is 2.22. The zero-order valence-corrected chi connectivity index (χ0v) is 9.69. The fourth-order valence-electron chi connectivity index (χ4n) is 1.21. The van der Waals surface area contributed by atoms with Gasteiger partial charge in [-0.05, 0) is 5.41 Å². The first-order valence-corrected chi connectivity index (χ1v) is 5.01. The lowest BCUT2D eigenvalue weighted by Gasteiger charge is -2.24. The Bertz CT molecular complexity index is 350. The number of nitrogens with zero attached hydrogens (tertiary/aromatic N) is 2. The van der Waals surface area contributed by atoms with Crippen LogP contribution in [0, 0.1) is 5.41 Å². The first kappa shape index (κ1) is 11.9. The predicted octanol–water partition coefficient (Wildman–Crippen LogP) is 1.40. The zero-order valence-electron chi connectivity index (χ0n) is 9.69. The van der Waals surface area contributed by atoms with E-state index in [1.165, 1.54) is 0 Å². The Morgan fingerprint density at radius 1 is 1.60 bits per heavy atom. The molecule has 0 saturated carbocycles. The van der Waals surface area contributed by atoms with E-state index in [2.05, 4.69) is 4.98 Å². The molecule has 0 aromatic carbocycles. The Balaban J connectivity index is 2.69. The first-order valence-electron chi connectivity index (χ1n) is 5.01. The molecule has 0 amide bonds. The molecule has 4 nitrogen and oxygen atoms in total. The van der Waals surface area contributed by atoms with Gasteiger partial charge < -0.3 is 9.67 Å². The van der Waals surface area contributed by atoms with Gasteiger partial charge in [-0.3, -0.25) is 4.79 Å². The van der Waals surface area contributed by atoms with Crippen LogP contribution in [0.2, 0.25) is 0 Å². The van der Waals surface area contributed by atoms with Crippen LogP contribution in [0.1, 0.15) is 37.8 Å².